The number of carbonyl (C=O) groups is 1. The van der Waals surface area contributed by atoms with Crippen LogP contribution in [-0.2, 0) is 6.42 Å². The first kappa shape index (κ1) is 14.3. The second-order valence-corrected chi connectivity index (χ2v) is 5.90. The van der Waals surface area contributed by atoms with E-state index in [4.69, 9.17) is 0 Å². The van der Waals surface area contributed by atoms with Crippen LogP contribution in [-0.4, -0.2) is 60.3 Å². The van der Waals surface area contributed by atoms with Gasteiger partial charge in [0.25, 0.3) is 0 Å². The van der Waals surface area contributed by atoms with Gasteiger partial charge in [0.05, 0.1) is 6.54 Å². The molecule has 1 aromatic carbocycles. The van der Waals surface area contributed by atoms with Crippen molar-refractivity contribution in [1.82, 2.24) is 14.8 Å². The second kappa shape index (κ2) is 6.00. The van der Waals surface area contributed by atoms with E-state index in [1.54, 1.807) is 0 Å². The number of aryl methyl sites for hydroxylation is 1. The minimum atomic E-state index is 0.221. The highest BCUT2D eigenvalue weighted by Gasteiger charge is 2.19. The molecule has 1 fully saturated rings. The number of nitrogens with one attached hydrogen (secondary N) is 1. The molecule has 21 heavy (non-hydrogen) atoms. The molecule has 1 aromatic heterocycles. The average molecular weight is 285 g/mol. The zero-order chi connectivity index (χ0) is 14.8. The van der Waals surface area contributed by atoms with Crippen LogP contribution in [0.3, 0.4) is 0 Å². The fourth-order valence-corrected chi connectivity index (χ4v) is 3.04. The van der Waals surface area contributed by atoms with E-state index in [2.05, 4.69) is 34.8 Å². The summed E-state index contributed by atoms with van der Waals surface area (Å²) in [6.45, 7) is 6.70. The summed E-state index contributed by atoms with van der Waals surface area (Å²) >= 11 is 0. The number of H-pyrrole nitrogens is 1. The van der Waals surface area contributed by atoms with Crippen LogP contribution in [0.4, 0.5) is 0 Å². The summed E-state index contributed by atoms with van der Waals surface area (Å²) in [6, 6.07) is 6.21. The number of hydrogen-bond acceptors (Lipinski definition) is 3. The molecule has 2 aromatic rings. The molecule has 1 saturated heterocycles. The standard InChI is InChI=1S/C17H23N3O/c1-3-13-5-4-6-14-15(11-18-17(13)14)16(21)12-20-9-7-19(2)8-10-20/h4-6,11,18H,3,7-10,12H2,1-2H3. The monoisotopic (exact) mass is 285 g/mol. The van der Waals surface area contributed by atoms with Gasteiger partial charge < -0.3 is 9.88 Å². The maximum absolute atomic E-state index is 12.6. The summed E-state index contributed by atoms with van der Waals surface area (Å²) in [5.74, 6) is 0.221. The third-order valence-electron chi connectivity index (χ3n) is 4.45. The Hall–Kier alpha value is -1.65. The minimum Gasteiger partial charge on any atom is -0.360 e. The van der Waals surface area contributed by atoms with Crippen LogP contribution >= 0.6 is 0 Å². The van der Waals surface area contributed by atoms with Crippen LogP contribution in [0.15, 0.2) is 24.4 Å². The Bertz CT molecular complexity index is 639. The van der Waals surface area contributed by atoms with Gasteiger partial charge in [-0.3, -0.25) is 9.69 Å². The van der Waals surface area contributed by atoms with Gasteiger partial charge in [-0.25, -0.2) is 0 Å². The molecule has 0 amide bonds. The molecule has 2 heterocycles. The second-order valence-electron chi connectivity index (χ2n) is 5.90. The summed E-state index contributed by atoms with van der Waals surface area (Å²) in [5.41, 5.74) is 3.21. The summed E-state index contributed by atoms with van der Waals surface area (Å²) in [6.07, 6.45) is 2.85. The fourth-order valence-electron chi connectivity index (χ4n) is 3.04. The van der Waals surface area contributed by atoms with Gasteiger partial charge in [0, 0.05) is 48.8 Å². The average Bonchev–Trinajstić information content (AvgIpc) is 2.93. The van der Waals surface area contributed by atoms with Crippen molar-refractivity contribution in [3.8, 4) is 0 Å². The van der Waals surface area contributed by atoms with Crippen molar-refractivity contribution in [3.05, 3.63) is 35.5 Å². The molecule has 112 valence electrons. The Labute approximate surface area is 125 Å². The summed E-state index contributed by atoms with van der Waals surface area (Å²) in [7, 11) is 2.13. The number of carbonyl (C=O) groups excluding carboxylic acids is 1. The lowest BCUT2D eigenvalue weighted by atomic mass is 10.0. The van der Waals surface area contributed by atoms with E-state index < -0.39 is 0 Å². The first-order valence-electron chi connectivity index (χ1n) is 7.72. The molecule has 1 aliphatic heterocycles. The Morgan fingerprint density at radius 2 is 2.00 bits per heavy atom. The highest BCUT2D eigenvalue weighted by molar-refractivity contribution is 6.09. The van der Waals surface area contributed by atoms with E-state index in [0.29, 0.717) is 6.54 Å². The number of hydrogen-bond donors (Lipinski definition) is 1. The smallest absolute Gasteiger partial charge is 0.178 e. The Morgan fingerprint density at radius 1 is 1.24 bits per heavy atom. The number of benzene rings is 1. The maximum atomic E-state index is 12.6. The lowest BCUT2D eigenvalue weighted by Gasteiger charge is -2.31. The van der Waals surface area contributed by atoms with Crippen molar-refractivity contribution in [1.29, 1.82) is 0 Å². The van der Waals surface area contributed by atoms with E-state index in [0.717, 1.165) is 49.1 Å². The molecule has 1 aliphatic rings. The van der Waals surface area contributed by atoms with Gasteiger partial charge in [-0.1, -0.05) is 25.1 Å². The molecule has 0 radical (unpaired) electrons. The third kappa shape index (κ3) is 2.87. The molecule has 0 unspecified atom stereocenters. The SMILES string of the molecule is CCc1cccc2c(C(=O)CN3CCN(C)CC3)c[nH]c12. The van der Waals surface area contributed by atoms with E-state index in [1.165, 1.54) is 5.56 Å². The molecule has 1 N–H and O–H groups in total. The van der Waals surface area contributed by atoms with Crippen molar-refractivity contribution in [2.24, 2.45) is 0 Å². The van der Waals surface area contributed by atoms with Crippen molar-refractivity contribution in [2.45, 2.75) is 13.3 Å². The van der Waals surface area contributed by atoms with Gasteiger partial charge in [-0.05, 0) is 19.0 Å². The van der Waals surface area contributed by atoms with Crippen molar-refractivity contribution in [3.63, 3.8) is 0 Å². The molecule has 0 atom stereocenters. The number of aromatic amines is 1. The van der Waals surface area contributed by atoms with Crippen molar-refractivity contribution in [2.75, 3.05) is 39.8 Å². The predicted molar refractivity (Wildman–Crippen MR) is 85.9 cm³/mol. The number of Topliss-reactive ketones (excluding diaryl/α,β-unsaturated/α-hetero) is 1. The van der Waals surface area contributed by atoms with Gasteiger partial charge in [0.2, 0.25) is 0 Å². The quantitative estimate of drug-likeness (QED) is 0.875. The van der Waals surface area contributed by atoms with Crippen LogP contribution in [0.2, 0.25) is 0 Å². The fraction of sp³-hybridized carbons (Fsp3) is 0.471. The van der Waals surface area contributed by atoms with Gasteiger partial charge >= 0.3 is 0 Å². The molecule has 3 rings (SSSR count). The Kier molecular flexibility index (Phi) is 4.08. The first-order chi connectivity index (χ1) is 10.2. The van der Waals surface area contributed by atoms with Crippen LogP contribution in [0.5, 0.6) is 0 Å². The first-order valence-corrected chi connectivity index (χ1v) is 7.72. The third-order valence-corrected chi connectivity index (χ3v) is 4.45. The van der Waals surface area contributed by atoms with E-state index in [-0.39, 0.29) is 5.78 Å². The van der Waals surface area contributed by atoms with Gasteiger partial charge in [-0.2, -0.15) is 0 Å². The summed E-state index contributed by atoms with van der Waals surface area (Å²) in [5, 5.41) is 1.06. The lowest BCUT2D eigenvalue weighted by Crippen LogP contribution is -2.46. The van der Waals surface area contributed by atoms with Gasteiger partial charge in [0.15, 0.2) is 5.78 Å². The number of aromatic nitrogens is 1. The predicted octanol–water partition coefficient (Wildman–Crippen LogP) is 2.16. The van der Waals surface area contributed by atoms with E-state index in [9.17, 15) is 4.79 Å². The number of para-hydroxylation sites is 1. The van der Waals surface area contributed by atoms with Crippen LogP contribution < -0.4 is 0 Å². The van der Waals surface area contributed by atoms with Crippen LogP contribution in [0.25, 0.3) is 10.9 Å². The molecule has 0 aliphatic carbocycles. The number of nitrogens with zero attached hydrogens (tertiary/aromatic N) is 2. The van der Waals surface area contributed by atoms with Gasteiger partial charge in [0.1, 0.15) is 0 Å². The van der Waals surface area contributed by atoms with E-state index in [1.807, 2.05) is 18.3 Å². The molecular weight excluding hydrogens is 262 g/mol. The van der Waals surface area contributed by atoms with E-state index >= 15 is 0 Å². The molecule has 4 heteroatoms. The topological polar surface area (TPSA) is 39.3 Å². The minimum absolute atomic E-state index is 0.221. The molecule has 0 saturated carbocycles. The number of rotatable bonds is 4. The molecule has 0 spiro atoms. The summed E-state index contributed by atoms with van der Waals surface area (Å²) < 4.78 is 0. The number of piperazine rings is 1. The Balaban J connectivity index is 1.79. The Morgan fingerprint density at radius 3 is 2.71 bits per heavy atom. The number of fused-ring (bicyclic) bond motifs is 1. The number of likely N-dealkylation sites (N-methyl/N-ethyl adjacent to an activating group) is 1. The largest absolute Gasteiger partial charge is 0.360 e. The number of ketones is 1. The zero-order valence-electron chi connectivity index (χ0n) is 12.9. The zero-order valence-corrected chi connectivity index (χ0v) is 12.9. The van der Waals surface area contributed by atoms with Crippen LogP contribution in [0, 0.1) is 0 Å². The van der Waals surface area contributed by atoms with Crippen molar-refractivity contribution >= 4 is 16.7 Å². The van der Waals surface area contributed by atoms with Crippen molar-refractivity contribution < 1.29 is 4.79 Å². The normalized spacial score (nSPS) is 17.4. The van der Waals surface area contributed by atoms with Gasteiger partial charge in [-0.15, -0.1) is 0 Å². The molecule has 4 nitrogen and oxygen atoms in total. The van der Waals surface area contributed by atoms with Crippen LogP contribution in [0.1, 0.15) is 22.8 Å². The highest BCUT2D eigenvalue weighted by Crippen LogP contribution is 2.22. The highest BCUT2D eigenvalue weighted by atomic mass is 16.1. The lowest BCUT2D eigenvalue weighted by molar-refractivity contribution is 0.0878. The summed E-state index contributed by atoms with van der Waals surface area (Å²) in [4.78, 5) is 20.4. The maximum Gasteiger partial charge on any atom is 0.178 e. The molecular formula is C17H23N3O. The molecule has 0 bridgehead atoms.